The fraction of sp³-hybridized carbons (Fsp3) is 0.357. The summed E-state index contributed by atoms with van der Waals surface area (Å²) in [7, 11) is -3.68. The summed E-state index contributed by atoms with van der Waals surface area (Å²) >= 11 is 0. The van der Waals surface area contributed by atoms with E-state index in [2.05, 4.69) is 19.9 Å². The number of hydrogen-bond donors (Lipinski definition) is 2. The number of rotatable bonds is 4. The number of benzene rings is 1. The van der Waals surface area contributed by atoms with Gasteiger partial charge in [-0.25, -0.2) is 22.5 Å². The van der Waals surface area contributed by atoms with Crippen LogP contribution in [0.5, 0.6) is 0 Å². The minimum atomic E-state index is -3.68. The van der Waals surface area contributed by atoms with Crippen molar-refractivity contribution in [2.45, 2.75) is 37.1 Å². The molecule has 2 aromatic heterocycles. The maximum atomic E-state index is 12.5. The molecule has 0 unspecified atom stereocenters. The van der Waals surface area contributed by atoms with Gasteiger partial charge in [0.15, 0.2) is 0 Å². The van der Waals surface area contributed by atoms with Crippen LogP contribution < -0.4 is 10.4 Å². The standard InChI is InChI=1S/C14H15N5O4S/c1-8-16-17-13(23-8)19-11-7-9(3-4-10(11)15-12(19)20)24(21,22)18-14(2)5-6-14/h3-4,7,18H,5-6H2,1-2H3,(H,15,20). The van der Waals surface area contributed by atoms with E-state index in [0.717, 1.165) is 17.4 Å². The van der Waals surface area contributed by atoms with E-state index in [1.54, 1.807) is 13.0 Å². The monoisotopic (exact) mass is 349 g/mol. The van der Waals surface area contributed by atoms with E-state index in [1.165, 1.54) is 12.1 Å². The second-order valence-electron chi connectivity index (χ2n) is 6.21. The van der Waals surface area contributed by atoms with Gasteiger partial charge in [0.25, 0.3) is 0 Å². The molecule has 2 heterocycles. The van der Waals surface area contributed by atoms with E-state index in [9.17, 15) is 13.2 Å². The molecule has 24 heavy (non-hydrogen) atoms. The van der Waals surface area contributed by atoms with Gasteiger partial charge in [-0.3, -0.25) is 0 Å². The maximum Gasteiger partial charge on any atom is 0.334 e. The lowest BCUT2D eigenvalue weighted by atomic mass is 10.3. The Morgan fingerprint density at radius 3 is 2.71 bits per heavy atom. The average molecular weight is 349 g/mol. The van der Waals surface area contributed by atoms with Crippen molar-refractivity contribution in [3.05, 3.63) is 34.6 Å². The van der Waals surface area contributed by atoms with E-state index in [4.69, 9.17) is 4.42 Å². The van der Waals surface area contributed by atoms with Crippen molar-refractivity contribution < 1.29 is 12.8 Å². The van der Waals surface area contributed by atoms with Gasteiger partial charge in [0, 0.05) is 12.5 Å². The first kappa shape index (κ1) is 15.1. The third-order valence-corrected chi connectivity index (χ3v) is 5.69. The van der Waals surface area contributed by atoms with Crippen LogP contribution in [-0.2, 0) is 10.0 Å². The predicted octanol–water partition coefficient (Wildman–Crippen LogP) is 0.841. The Hall–Kier alpha value is -2.46. The van der Waals surface area contributed by atoms with Crippen molar-refractivity contribution in [1.82, 2.24) is 24.5 Å². The summed E-state index contributed by atoms with van der Waals surface area (Å²) in [5, 5.41) is 7.52. The average Bonchev–Trinajstić information content (AvgIpc) is 2.92. The van der Waals surface area contributed by atoms with Gasteiger partial charge in [0.05, 0.1) is 15.9 Å². The van der Waals surface area contributed by atoms with E-state index in [1.807, 2.05) is 6.92 Å². The van der Waals surface area contributed by atoms with Gasteiger partial charge in [-0.05, 0) is 38.0 Å². The molecule has 1 fully saturated rings. The molecule has 1 aliphatic rings. The zero-order valence-electron chi connectivity index (χ0n) is 13.0. The summed E-state index contributed by atoms with van der Waals surface area (Å²) in [5.41, 5.74) is -0.0277. The minimum absolute atomic E-state index is 0.0135. The number of fused-ring (bicyclic) bond motifs is 1. The van der Waals surface area contributed by atoms with Gasteiger partial charge in [-0.15, -0.1) is 5.10 Å². The molecule has 10 heteroatoms. The Morgan fingerprint density at radius 2 is 2.08 bits per heavy atom. The highest BCUT2D eigenvalue weighted by Gasteiger charge is 2.41. The lowest BCUT2D eigenvalue weighted by Gasteiger charge is -2.12. The molecule has 9 nitrogen and oxygen atoms in total. The van der Waals surface area contributed by atoms with Crippen LogP contribution in [0, 0.1) is 6.92 Å². The topological polar surface area (TPSA) is 123 Å². The zero-order valence-corrected chi connectivity index (χ0v) is 13.8. The number of nitrogens with zero attached hydrogens (tertiary/aromatic N) is 3. The van der Waals surface area contributed by atoms with Crippen LogP contribution in [0.4, 0.5) is 0 Å². The SMILES string of the molecule is Cc1nnc(-n2c(=O)[nH]c3ccc(S(=O)(=O)NC4(C)CC4)cc32)o1. The van der Waals surface area contributed by atoms with Crippen molar-refractivity contribution in [3.63, 3.8) is 0 Å². The molecule has 0 aliphatic heterocycles. The molecule has 1 saturated carbocycles. The summed E-state index contributed by atoms with van der Waals surface area (Å²) in [4.78, 5) is 14.9. The van der Waals surface area contributed by atoms with Crippen LogP contribution >= 0.6 is 0 Å². The molecule has 0 radical (unpaired) electrons. The Morgan fingerprint density at radius 1 is 1.33 bits per heavy atom. The number of sulfonamides is 1. The van der Waals surface area contributed by atoms with Crippen LogP contribution in [0.25, 0.3) is 17.0 Å². The van der Waals surface area contributed by atoms with Gasteiger partial charge in [0.1, 0.15) is 0 Å². The zero-order chi connectivity index (χ0) is 17.1. The van der Waals surface area contributed by atoms with Gasteiger partial charge < -0.3 is 9.40 Å². The molecule has 0 bridgehead atoms. The molecular formula is C14H15N5O4S. The Labute approximate surface area is 136 Å². The molecule has 3 aromatic rings. The third kappa shape index (κ3) is 2.43. The van der Waals surface area contributed by atoms with Crippen molar-refractivity contribution in [2.75, 3.05) is 0 Å². The fourth-order valence-corrected chi connectivity index (χ4v) is 3.97. The van der Waals surface area contributed by atoms with Gasteiger partial charge in [-0.2, -0.15) is 0 Å². The highest BCUT2D eigenvalue weighted by Crippen LogP contribution is 2.36. The number of H-pyrrole nitrogens is 1. The summed E-state index contributed by atoms with van der Waals surface area (Å²) < 4.78 is 34.2. The molecule has 1 aromatic carbocycles. The van der Waals surface area contributed by atoms with Crippen LogP contribution in [0.3, 0.4) is 0 Å². The number of nitrogens with one attached hydrogen (secondary N) is 2. The number of hydrogen-bond acceptors (Lipinski definition) is 6. The van der Waals surface area contributed by atoms with Crippen LogP contribution in [0.15, 0.2) is 32.3 Å². The molecule has 0 spiro atoms. The first-order chi connectivity index (χ1) is 11.3. The van der Waals surface area contributed by atoms with E-state index in [0.29, 0.717) is 16.9 Å². The summed E-state index contributed by atoms with van der Waals surface area (Å²) in [5.74, 6) is 0.304. The van der Waals surface area contributed by atoms with Crippen LogP contribution in [0.2, 0.25) is 0 Å². The number of aromatic nitrogens is 4. The lowest BCUT2D eigenvalue weighted by Crippen LogP contribution is -2.34. The molecule has 0 atom stereocenters. The normalized spacial score (nSPS) is 16.6. The number of imidazole rings is 1. The summed E-state index contributed by atoms with van der Waals surface area (Å²) in [6.07, 6.45) is 1.62. The quantitative estimate of drug-likeness (QED) is 0.719. The highest BCUT2D eigenvalue weighted by molar-refractivity contribution is 7.89. The molecule has 126 valence electrons. The fourth-order valence-electron chi connectivity index (χ4n) is 2.49. The maximum absolute atomic E-state index is 12.5. The molecule has 1 aliphatic carbocycles. The van der Waals surface area contributed by atoms with Gasteiger partial charge in [-0.1, -0.05) is 5.10 Å². The first-order valence-corrected chi connectivity index (χ1v) is 8.85. The van der Waals surface area contributed by atoms with Crippen LogP contribution in [-0.4, -0.2) is 33.7 Å². The molecule has 2 N–H and O–H groups in total. The van der Waals surface area contributed by atoms with Crippen LogP contribution in [0.1, 0.15) is 25.7 Å². The minimum Gasteiger partial charge on any atom is -0.408 e. The molecule has 0 saturated heterocycles. The van der Waals surface area contributed by atoms with Crippen molar-refractivity contribution in [1.29, 1.82) is 0 Å². The second-order valence-corrected chi connectivity index (χ2v) is 7.90. The van der Waals surface area contributed by atoms with E-state index in [-0.39, 0.29) is 16.4 Å². The third-order valence-electron chi connectivity index (χ3n) is 4.05. The molecule has 0 amide bonds. The van der Waals surface area contributed by atoms with Gasteiger partial charge in [0.2, 0.25) is 15.9 Å². The number of aryl methyl sites for hydroxylation is 1. The Kier molecular flexibility index (Phi) is 3.00. The summed E-state index contributed by atoms with van der Waals surface area (Å²) in [6, 6.07) is 4.40. The highest BCUT2D eigenvalue weighted by atomic mass is 32.2. The number of aromatic amines is 1. The second kappa shape index (κ2) is 4.77. The van der Waals surface area contributed by atoms with Crippen molar-refractivity contribution >= 4 is 21.1 Å². The van der Waals surface area contributed by atoms with Gasteiger partial charge >= 0.3 is 11.7 Å². The largest absolute Gasteiger partial charge is 0.408 e. The summed E-state index contributed by atoms with van der Waals surface area (Å²) in [6.45, 7) is 3.46. The Bertz CT molecular complexity index is 1100. The first-order valence-electron chi connectivity index (χ1n) is 7.37. The Balaban J connectivity index is 1.87. The van der Waals surface area contributed by atoms with Crippen molar-refractivity contribution in [3.8, 4) is 6.01 Å². The molecular weight excluding hydrogens is 334 g/mol. The predicted molar refractivity (Wildman–Crippen MR) is 84.4 cm³/mol. The van der Waals surface area contributed by atoms with E-state index < -0.39 is 15.7 Å². The molecule has 4 rings (SSSR count). The lowest BCUT2D eigenvalue weighted by molar-refractivity contribution is 0.495. The van der Waals surface area contributed by atoms with Crippen molar-refractivity contribution in [2.24, 2.45) is 0 Å². The smallest absolute Gasteiger partial charge is 0.334 e. The van der Waals surface area contributed by atoms with E-state index >= 15 is 0 Å².